The van der Waals surface area contributed by atoms with E-state index in [1.807, 2.05) is 24.3 Å². The Kier molecular flexibility index (Phi) is 5.43. The zero-order valence-corrected chi connectivity index (χ0v) is 15.0. The number of fused-ring (bicyclic) bond motifs is 1. The molecule has 0 aliphatic carbocycles. The number of rotatable bonds is 8. The van der Waals surface area contributed by atoms with Crippen LogP contribution in [0, 0.1) is 0 Å². The number of hydrogen-bond acceptors (Lipinski definition) is 7. The number of ether oxygens (including phenoxy) is 3. The second-order valence-corrected chi connectivity index (χ2v) is 5.55. The summed E-state index contributed by atoms with van der Waals surface area (Å²) >= 11 is 0. The lowest BCUT2D eigenvalue weighted by molar-refractivity contribution is 0.292. The minimum Gasteiger partial charge on any atom is -0.493 e. The van der Waals surface area contributed by atoms with Crippen LogP contribution in [0.1, 0.15) is 6.42 Å². The summed E-state index contributed by atoms with van der Waals surface area (Å²) < 4.78 is 18.0. The molecule has 0 saturated heterocycles. The van der Waals surface area contributed by atoms with Crippen molar-refractivity contribution in [3.05, 3.63) is 30.5 Å². The number of aromatic nitrogens is 3. The quantitative estimate of drug-likeness (QED) is 0.597. The molecule has 1 aromatic carbocycles. The summed E-state index contributed by atoms with van der Waals surface area (Å²) in [7, 11) is 4.73. The molecule has 3 rings (SSSR count). The minimum atomic E-state index is 0.136. The molecule has 0 unspecified atom stereocenters. The molecule has 8 nitrogen and oxygen atoms in total. The number of nitrogens with one attached hydrogen (secondary N) is 1. The lowest BCUT2D eigenvalue weighted by atomic mass is 10.1. The van der Waals surface area contributed by atoms with Gasteiger partial charge in [0.2, 0.25) is 5.75 Å². The van der Waals surface area contributed by atoms with E-state index in [0.717, 1.165) is 16.9 Å². The summed E-state index contributed by atoms with van der Waals surface area (Å²) in [6.07, 6.45) is 2.41. The zero-order chi connectivity index (χ0) is 18.5. The maximum atomic E-state index is 8.91. The van der Waals surface area contributed by atoms with E-state index in [4.69, 9.17) is 19.3 Å². The third kappa shape index (κ3) is 3.36. The van der Waals surface area contributed by atoms with Gasteiger partial charge in [-0.2, -0.15) is 0 Å². The van der Waals surface area contributed by atoms with E-state index < -0.39 is 0 Å². The van der Waals surface area contributed by atoms with Gasteiger partial charge in [-0.25, -0.2) is 9.50 Å². The predicted octanol–water partition coefficient (Wildman–Crippen LogP) is 2.22. The van der Waals surface area contributed by atoms with Crippen molar-refractivity contribution in [3.63, 3.8) is 0 Å². The van der Waals surface area contributed by atoms with Crippen LogP contribution in [0.25, 0.3) is 16.9 Å². The fourth-order valence-electron chi connectivity index (χ4n) is 2.69. The lowest BCUT2D eigenvalue weighted by Gasteiger charge is -2.14. The highest BCUT2D eigenvalue weighted by Gasteiger charge is 2.16. The van der Waals surface area contributed by atoms with Crippen molar-refractivity contribution in [1.82, 2.24) is 14.6 Å². The number of aliphatic hydroxyl groups is 1. The topological polar surface area (TPSA) is 90.1 Å². The summed E-state index contributed by atoms with van der Waals surface area (Å²) in [5.74, 6) is 2.37. The zero-order valence-electron chi connectivity index (χ0n) is 15.0. The number of benzene rings is 1. The molecule has 0 aliphatic heterocycles. The Morgan fingerprint density at radius 2 is 1.81 bits per heavy atom. The summed E-state index contributed by atoms with van der Waals surface area (Å²) in [5, 5.41) is 16.7. The van der Waals surface area contributed by atoms with Crippen LogP contribution >= 0.6 is 0 Å². The molecule has 3 aromatic rings. The van der Waals surface area contributed by atoms with Crippen LogP contribution in [-0.2, 0) is 0 Å². The standard InChI is InChI=1S/C18H22N4O4/c1-24-14-9-12(10-15(25-2)18(14)26-3)13-11-20-17-6-5-16(21-22(13)17)19-7-4-8-23/h5-6,9-11,23H,4,7-8H2,1-3H3,(H,19,21). The van der Waals surface area contributed by atoms with Crippen molar-refractivity contribution in [2.24, 2.45) is 0 Å². The van der Waals surface area contributed by atoms with Gasteiger partial charge >= 0.3 is 0 Å². The predicted molar refractivity (Wildman–Crippen MR) is 98.3 cm³/mol. The second kappa shape index (κ2) is 7.92. The van der Waals surface area contributed by atoms with Crippen molar-refractivity contribution < 1.29 is 19.3 Å². The van der Waals surface area contributed by atoms with Gasteiger partial charge in [-0.3, -0.25) is 0 Å². The first-order chi connectivity index (χ1) is 12.7. The summed E-state index contributed by atoms with van der Waals surface area (Å²) in [5.41, 5.74) is 2.36. The molecule has 2 heterocycles. The van der Waals surface area contributed by atoms with Gasteiger partial charge in [0.25, 0.3) is 0 Å². The fourth-order valence-corrected chi connectivity index (χ4v) is 2.69. The molecule has 26 heavy (non-hydrogen) atoms. The molecule has 138 valence electrons. The number of anilines is 1. The Hall–Kier alpha value is -3.00. The highest BCUT2D eigenvalue weighted by atomic mass is 16.5. The molecule has 2 N–H and O–H groups in total. The minimum absolute atomic E-state index is 0.136. The number of methoxy groups -OCH3 is 3. The van der Waals surface area contributed by atoms with E-state index in [9.17, 15) is 0 Å². The molecular formula is C18H22N4O4. The van der Waals surface area contributed by atoms with Crippen molar-refractivity contribution in [1.29, 1.82) is 0 Å². The number of imidazole rings is 1. The van der Waals surface area contributed by atoms with Gasteiger partial charge in [-0.1, -0.05) is 0 Å². The third-order valence-corrected chi connectivity index (χ3v) is 3.96. The van der Waals surface area contributed by atoms with Crippen LogP contribution in [0.4, 0.5) is 5.82 Å². The number of aliphatic hydroxyl groups excluding tert-OH is 1. The second-order valence-electron chi connectivity index (χ2n) is 5.55. The lowest BCUT2D eigenvalue weighted by Crippen LogP contribution is -2.07. The van der Waals surface area contributed by atoms with E-state index in [1.54, 1.807) is 32.0 Å². The van der Waals surface area contributed by atoms with Gasteiger partial charge in [0, 0.05) is 18.7 Å². The summed E-state index contributed by atoms with van der Waals surface area (Å²) in [6.45, 7) is 0.778. The van der Waals surface area contributed by atoms with Gasteiger partial charge in [-0.15, -0.1) is 5.10 Å². The van der Waals surface area contributed by atoms with Crippen LogP contribution in [0.15, 0.2) is 30.5 Å². The largest absolute Gasteiger partial charge is 0.493 e. The number of hydrogen-bond donors (Lipinski definition) is 2. The molecule has 0 fully saturated rings. The van der Waals surface area contributed by atoms with Crippen LogP contribution in [0.5, 0.6) is 17.2 Å². The van der Waals surface area contributed by atoms with Gasteiger partial charge in [0.1, 0.15) is 5.82 Å². The Morgan fingerprint density at radius 3 is 2.42 bits per heavy atom. The van der Waals surface area contributed by atoms with E-state index >= 15 is 0 Å². The van der Waals surface area contributed by atoms with Gasteiger partial charge in [-0.05, 0) is 30.7 Å². The highest BCUT2D eigenvalue weighted by molar-refractivity contribution is 5.70. The van der Waals surface area contributed by atoms with E-state index in [2.05, 4.69) is 15.4 Å². The Balaban J connectivity index is 2.05. The van der Waals surface area contributed by atoms with Gasteiger partial charge < -0.3 is 24.6 Å². The molecule has 0 bridgehead atoms. The van der Waals surface area contributed by atoms with Crippen molar-refractivity contribution >= 4 is 11.5 Å². The molecular weight excluding hydrogens is 336 g/mol. The van der Waals surface area contributed by atoms with E-state index in [-0.39, 0.29) is 6.61 Å². The van der Waals surface area contributed by atoms with Crippen molar-refractivity contribution in [2.45, 2.75) is 6.42 Å². The molecule has 0 amide bonds. The van der Waals surface area contributed by atoms with E-state index in [1.165, 1.54) is 0 Å². The molecule has 0 radical (unpaired) electrons. The van der Waals surface area contributed by atoms with Gasteiger partial charge in [0.05, 0.1) is 33.2 Å². The highest BCUT2D eigenvalue weighted by Crippen LogP contribution is 2.41. The first kappa shape index (κ1) is 17.8. The maximum absolute atomic E-state index is 8.91. The SMILES string of the molecule is COc1cc(-c2cnc3ccc(NCCCO)nn23)cc(OC)c1OC. The van der Waals surface area contributed by atoms with Crippen molar-refractivity contribution in [2.75, 3.05) is 39.8 Å². The average Bonchev–Trinajstić information content (AvgIpc) is 3.10. The summed E-state index contributed by atoms with van der Waals surface area (Å²) in [6, 6.07) is 7.46. The molecule has 8 heteroatoms. The monoisotopic (exact) mass is 358 g/mol. The van der Waals surface area contributed by atoms with E-state index in [0.29, 0.717) is 36.0 Å². The van der Waals surface area contributed by atoms with Crippen LogP contribution in [0.2, 0.25) is 0 Å². The summed E-state index contributed by atoms with van der Waals surface area (Å²) in [4.78, 5) is 4.41. The maximum Gasteiger partial charge on any atom is 0.203 e. The normalized spacial score (nSPS) is 10.8. The third-order valence-electron chi connectivity index (χ3n) is 3.96. The molecule has 0 atom stereocenters. The smallest absolute Gasteiger partial charge is 0.203 e. The van der Waals surface area contributed by atoms with Crippen molar-refractivity contribution in [3.8, 4) is 28.5 Å². The fraction of sp³-hybridized carbons (Fsp3) is 0.333. The Morgan fingerprint density at radius 1 is 1.08 bits per heavy atom. The van der Waals surface area contributed by atoms with Crippen LogP contribution in [0.3, 0.4) is 0 Å². The number of nitrogens with zero attached hydrogens (tertiary/aromatic N) is 3. The molecule has 0 aliphatic rings. The first-order valence-electron chi connectivity index (χ1n) is 8.21. The van der Waals surface area contributed by atoms with Crippen LogP contribution < -0.4 is 19.5 Å². The Bertz CT molecular complexity index is 869. The molecule has 0 saturated carbocycles. The van der Waals surface area contributed by atoms with Gasteiger partial charge in [0.15, 0.2) is 17.1 Å². The van der Waals surface area contributed by atoms with Crippen LogP contribution in [-0.4, -0.2) is 54.2 Å². The molecule has 2 aromatic heterocycles. The Labute approximate surface area is 151 Å². The average molecular weight is 358 g/mol. The first-order valence-corrected chi connectivity index (χ1v) is 8.21. The molecule has 0 spiro atoms.